The van der Waals surface area contributed by atoms with Crippen LogP contribution in [0, 0.1) is 5.82 Å². The molecule has 0 saturated carbocycles. The Morgan fingerprint density at radius 1 is 1.43 bits per heavy atom. The molecular weight excluding hydrogens is 243 g/mol. The molecule has 0 unspecified atom stereocenters. The molecule has 76 valence electrons. The molecule has 1 aromatic rings. The predicted molar refractivity (Wildman–Crippen MR) is 61.9 cm³/mol. The zero-order valence-electron chi connectivity index (χ0n) is 8.70. The van der Waals surface area contributed by atoms with Crippen molar-refractivity contribution in [2.75, 3.05) is 0 Å². The highest BCUT2D eigenvalue weighted by molar-refractivity contribution is 9.10. The number of benzene rings is 1. The molecule has 0 radical (unpaired) electrons. The molecule has 0 aliphatic heterocycles. The fourth-order valence-corrected chi connectivity index (χ4v) is 1.51. The lowest BCUT2D eigenvalue weighted by Crippen LogP contribution is -2.18. The first-order valence-corrected chi connectivity index (χ1v) is 5.26. The van der Waals surface area contributed by atoms with E-state index in [0.29, 0.717) is 4.47 Å². The van der Waals surface area contributed by atoms with Gasteiger partial charge in [-0.1, -0.05) is 32.1 Å². The highest BCUT2D eigenvalue weighted by Crippen LogP contribution is 2.32. The molecule has 0 atom stereocenters. The van der Waals surface area contributed by atoms with Gasteiger partial charge in [0.1, 0.15) is 5.82 Å². The highest BCUT2D eigenvalue weighted by atomic mass is 79.9. The van der Waals surface area contributed by atoms with Crippen molar-refractivity contribution in [1.82, 2.24) is 0 Å². The molecule has 0 bridgehead atoms. The standard InChI is InChI=1S/C12H14BrF/c1-8(2)12(3,4)9-5-6-11(14)10(13)7-9/h5-7H,1H2,2-4H3. The molecule has 1 rings (SSSR count). The molecule has 0 heterocycles. The van der Waals surface area contributed by atoms with Crippen LogP contribution in [0.25, 0.3) is 0 Å². The number of allylic oxidation sites excluding steroid dienone is 1. The van der Waals surface area contributed by atoms with Crippen molar-refractivity contribution >= 4 is 15.9 Å². The Labute approximate surface area is 93.0 Å². The van der Waals surface area contributed by atoms with Crippen LogP contribution in [0.15, 0.2) is 34.8 Å². The van der Waals surface area contributed by atoms with Gasteiger partial charge in [-0.25, -0.2) is 4.39 Å². The van der Waals surface area contributed by atoms with E-state index in [9.17, 15) is 4.39 Å². The topological polar surface area (TPSA) is 0 Å². The van der Waals surface area contributed by atoms with E-state index in [1.807, 2.05) is 13.0 Å². The summed E-state index contributed by atoms with van der Waals surface area (Å²) in [5.41, 5.74) is 2.02. The van der Waals surface area contributed by atoms with Crippen LogP contribution in [0.5, 0.6) is 0 Å². The molecule has 14 heavy (non-hydrogen) atoms. The van der Waals surface area contributed by atoms with Gasteiger partial charge in [0.15, 0.2) is 0 Å². The summed E-state index contributed by atoms with van der Waals surface area (Å²) in [7, 11) is 0. The van der Waals surface area contributed by atoms with Gasteiger partial charge in [-0.3, -0.25) is 0 Å². The van der Waals surface area contributed by atoms with Gasteiger partial charge in [-0.05, 0) is 40.5 Å². The first-order chi connectivity index (χ1) is 6.35. The van der Waals surface area contributed by atoms with Crippen molar-refractivity contribution in [3.05, 3.63) is 46.2 Å². The third-order valence-electron chi connectivity index (χ3n) is 2.71. The molecule has 0 nitrogen and oxygen atoms in total. The third kappa shape index (κ3) is 2.06. The lowest BCUT2D eigenvalue weighted by Gasteiger charge is -2.26. The summed E-state index contributed by atoms with van der Waals surface area (Å²) in [6, 6.07) is 5.09. The zero-order chi connectivity index (χ0) is 10.9. The Hall–Kier alpha value is -0.630. The van der Waals surface area contributed by atoms with Crippen molar-refractivity contribution in [3.63, 3.8) is 0 Å². The molecule has 0 aliphatic carbocycles. The normalized spacial score (nSPS) is 11.5. The second-order valence-electron chi connectivity index (χ2n) is 4.03. The van der Waals surface area contributed by atoms with Crippen LogP contribution < -0.4 is 0 Å². The molecule has 1 aromatic carbocycles. The smallest absolute Gasteiger partial charge is 0.137 e. The van der Waals surface area contributed by atoms with Gasteiger partial charge >= 0.3 is 0 Å². The van der Waals surface area contributed by atoms with Gasteiger partial charge in [-0.2, -0.15) is 0 Å². The summed E-state index contributed by atoms with van der Waals surface area (Å²) in [4.78, 5) is 0. The Balaban J connectivity index is 3.21. The number of halogens is 2. The fourth-order valence-electron chi connectivity index (χ4n) is 1.13. The Bertz CT molecular complexity index is 367. The van der Waals surface area contributed by atoms with E-state index in [4.69, 9.17) is 0 Å². The molecule has 0 aliphatic rings. The summed E-state index contributed by atoms with van der Waals surface area (Å²) in [5.74, 6) is -0.230. The van der Waals surface area contributed by atoms with Crippen LogP contribution in [0.4, 0.5) is 4.39 Å². The zero-order valence-corrected chi connectivity index (χ0v) is 10.3. The van der Waals surface area contributed by atoms with E-state index < -0.39 is 0 Å². The van der Waals surface area contributed by atoms with Gasteiger partial charge in [0.2, 0.25) is 0 Å². The van der Waals surface area contributed by atoms with Crippen LogP contribution in [-0.2, 0) is 5.41 Å². The maximum atomic E-state index is 13.0. The first-order valence-electron chi connectivity index (χ1n) is 4.47. The monoisotopic (exact) mass is 256 g/mol. The SMILES string of the molecule is C=C(C)C(C)(C)c1ccc(F)c(Br)c1. The molecule has 0 fully saturated rings. The van der Waals surface area contributed by atoms with Crippen LogP contribution in [0.2, 0.25) is 0 Å². The largest absolute Gasteiger partial charge is 0.206 e. The average molecular weight is 257 g/mol. The number of rotatable bonds is 2. The van der Waals surface area contributed by atoms with Crippen molar-refractivity contribution in [3.8, 4) is 0 Å². The molecule has 0 N–H and O–H groups in total. The highest BCUT2D eigenvalue weighted by Gasteiger charge is 2.21. The molecule has 0 amide bonds. The van der Waals surface area contributed by atoms with Crippen LogP contribution in [0.1, 0.15) is 26.3 Å². The molecule has 0 spiro atoms. The minimum absolute atomic E-state index is 0.115. The van der Waals surface area contributed by atoms with Crippen LogP contribution in [0.3, 0.4) is 0 Å². The van der Waals surface area contributed by atoms with E-state index >= 15 is 0 Å². The van der Waals surface area contributed by atoms with Crippen molar-refractivity contribution in [2.45, 2.75) is 26.2 Å². The van der Waals surface area contributed by atoms with Crippen LogP contribution >= 0.6 is 15.9 Å². The Kier molecular flexibility index (Phi) is 3.15. The minimum atomic E-state index is -0.230. The summed E-state index contributed by atoms with van der Waals surface area (Å²) >= 11 is 3.18. The third-order valence-corrected chi connectivity index (χ3v) is 3.32. The summed E-state index contributed by atoms with van der Waals surface area (Å²) < 4.78 is 13.5. The summed E-state index contributed by atoms with van der Waals surface area (Å²) in [6.45, 7) is 10.1. The van der Waals surface area contributed by atoms with Crippen molar-refractivity contribution < 1.29 is 4.39 Å². The molecule has 0 saturated heterocycles. The summed E-state index contributed by atoms with van der Waals surface area (Å²) in [5, 5.41) is 0. The van der Waals surface area contributed by atoms with Crippen molar-refractivity contribution in [2.24, 2.45) is 0 Å². The van der Waals surface area contributed by atoms with E-state index in [1.54, 1.807) is 6.07 Å². The summed E-state index contributed by atoms with van der Waals surface area (Å²) in [6.07, 6.45) is 0. The number of hydrogen-bond donors (Lipinski definition) is 0. The first kappa shape index (κ1) is 11.4. The van der Waals surface area contributed by atoms with Crippen LogP contribution in [-0.4, -0.2) is 0 Å². The molecule has 2 heteroatoms. The predicted octanol–water partition coefficient (Wildman–Crippen LogP) is 4.44. The van der Waals surface area contributed by atoms with E-state index in [1.165, 1.54) is 6.07 Å². The Morgan fingerprint density at radius 3 is 2.43 bits per heavy atom. The fraction of sp³-hybridized carbons (Fsp3) is 0.333. The molecular formula is C12H14BrF. The lowest BCUT2D eigenvalue weighted by atomic mass is 9.79. The number of hydrogen-bond acceptors (Lipinski definition) is 0. The molecule has 0 aromatic heterocycles. The van der Waals surface area contributed by atoms with E-state index in [2.05, 4.69) is 36.4 Å². The van der Waals surface area contributed by atoms with E-state index in [0.717, 1.165) is 11.1 Å². The second kappa shape index (κ2) is 3.85. The quantitative estimate of drug-likeness (QED) is 0.687. The maximum Gasteiger partial charge on any atom is 0.137 e. The second-order valence-corrected chi connectivity index (χ2v) is 4.89. The Morgan fingerprint density at radius 2 is 2.00 bits per heavy atom. The maximum absolute atomic E-state index is 13.0. The van der Waals surface area contributed by atoms with Gasteiger partial charge in [0, 0.05) is 5.41 Å². The lowest BCUT2D eigenvalue weighted by molar-refractivity contribution is 0.603. The average Bonchev–Trinajstić information content (AvgIpc) is 2.09. The van der Waals surface area contributed by atoms with Gasteiger partial charge in [0.05, 0.1) is 4.47 Å². The minimum Gasteiger partial charge on any atom is -0.206 e. The van der Waals surface area contributed by atoms with Gasteiger partial charge in [-0.15, -0.1) is 0 Å². The van der Waals surface area contributed by atoms with Gasteiger partial charge < -0.3 is 0 Å². The van der Waals surface area contributed by atoms with Gasteiger partial charge in [0.25, 0.3) is 0 Å². The van der Waals surface area contributed by atoms with E-state index in [-0.39, 0.29) is 11.2 Å². The van der Waals surface area contributed by atoms with Crippen molar-refractivity contribution in [1.29, 1.82) is 0 Å².